The third kappa shape index (κ3) is 2.99. The second-order valence-electron chi connectivity index (χ2n) is 5.28. The van der Waals surface area contributed by atoms with E-state index in [0.29, 0.717) is 11.7 Å². The fraction of sp³-hybridized carbons (Fsp3) is 0.538. The van der Waals surface area contributed by atoms with Gasteiger partial charge in [-0.2, -0.15) is 0 Å². The van der Waals surface area contributed by atoms with Crippen LogP contribution in [0.3, 0.4) is 0 Å². The molecule has 0 saturated carbocycles. The van der Waals surface area contributed by atoms with Crippen LogP contribution in [0.15, 0.2) is 22.7 Å². The van der Waals surface area contributed by atoms with Crippen molar-refractivity contribution in [2.24, 2.45) is 5.41 Å². The molecule has 1 saturated heterocycles. The van der Waals surface area contributed by atoms with Gasteiger partial charge in [0.25, 0.3) is 0 Å². The normalized spacial score (nSPS) is 23.4. The average Bonchev–Trinajstić information content (AvgIpc) is 2.26. The van der Waals surface area contributed by atoms with Crippen molar-refractivity contribution in [1.82, 2.24) is 5.32 Å². The van der Waals surface area contributed by atoms with Gasteiger partial charge in [0.2, 0.25) is 0 Å². The predicted molar refractivity (Wildman–Crippen MR) is 72.8 cm³/mol. The Morgan fingerprint density at radius 1 is 1.47 bits per heavy atom. The molecule has 1 fully saturated rings. The van der Waals surface area contributed by atoms with Gasteiger partial charge >= 0.3 is 0 Å². The van der Waals surface area contributed by atoms with E-state index in [4.69, 9.17) is 0 Å². The van der Waals surface area contributed by atoms with E-state index in [1.165, 1.54) is 6.07 Å². The van der Waals surface area contributed by atoms with E-state index < -0.39 is 0 Å². The molecule has 1 aliphatic rings. The summed E-state index contributed by atoms with van der Waals surface area (Å²) in [4.78, 5) is 0. The van der Waals surface area contributed by atoms with Crippen molar-refractivity contribution in [2.45, 2.75) is 26.3 Å². The van der Waals surface area contributed by atoms with Gasteiger partial charge < -0.3 is 10.6 Å². The first-order chi connectivity index (χ1) is 7.99. The Kier molecular flexibility index (Phi) is 3.73. The van der Waals surface area contributed by atoms with Gasteiger partial charge in [0.05, 0.1) is 5.69 Å². The van der Waals surface area contributed by atoms with Gasteiger partial charge in [0.1, 0.15) is 5.82 Å². The zero-order chi connectivity index (χ0) is 12.5. The number of rotatable bonds is 2. The summed E-state index contributed by atoms with van der Waals surface area (Å²) in [5, 5.41) is 6.71. The smallest absolute Gasteiger partial charge is 0.146 e. The summed E-state index contributed by atoms with van der Waals surface area (Å²) >= 11 is 3.37. The molecule has 1 aliphatic heterocycles. The third-order valence-electron chi connectivity index (χ3n) is 3.39. The van der Waals surface area contributed by atoms with E-state index in [9.17, 15) is 4.39 Å². The lowest BCUT2D eigenvalue weighted by atomic mass is 9.80. The van der Waals surface area contributed by atoms with Crippen LogP contribution in [-0.4, -0.2) is 19.1 Å². The Morgan fingerprint density at radius 2 is 2.24 bits per heavy atom. The van der Waals surface area contributed by atoms with E-state index in [-0.39, 0.29) is 11.2 Å². The highest BCUT2D eigenvalue weighted by molar-refractivity contribution is 9.10. The number of hydrogen-bond acceptors (Lipinski definition) is 2. The summed E-state index contributed by atoms with van der Waals surface area (Å²) in [7, 11) is 0. The molecule has 2 rings (SSSR count). The highest BCUT2D eigenvalue weighted by atomic mass is 79.9. The van der Waals surface area contributed by atoms with Crippen LogP contribution in [-0.2, 0) is 0 Å². The van der Waals surface area contributed by atoms with Crippen molar-refractivity contribution in [1.29, 1.82) is 0 Å². The first-order valence-corrected chi connectivity index (χ1v) is 6.71. The molecular formula is C13H18BrFN2. The van der Waals surface area contributed by atoms with Crippen LogP contribution in [0.25, 0.3) is 0 Å². The SMILES string of the molecule is CC1(C)CNCCC1Nc1cc(Br)ccc1F. The number of anilines is 1. The molecule has 1 aromatic carbocycles. The van der Waals surface area contributed by atoms with Crippen LogP contribution in [0.2, 0.25) is 0 Å². The lowest BCUT2D eigenvalue weighted by Crippen LogP contribution is -2.49. The molecule has 1 heterocycles. The summed E-state index contributed by atoms with van der Waals surface area (Å²) in [6.07, 6.45) is 1.01. The monoisotopic (exact) mass is 300 g/mol. The quantitative estimate of drug-likeness (QED) is 0.875. The fourth-order valence-electron chi connectivity index (χ4n) is 2.23. The molecule has 17 heavy (non-hydrogen) atoms. The van der Waals surface area contributed by atoms with E-state index >= 15 is 0 Å². The van der Waals surface area contributed by atoms with E-state index in [1.807, 2.05) is 0 Å². The zero-order valence-electron chi connectivity index (χ0n) is 10.2. The molecule has 2 N–H and O–H groups in total. The van der Waals surface area contributed by atoms with Crippen LogP contribution in [0.1, 0.15) is 20.3 Å². The minimum absolute atomic E-state index is 0.132. The van der Waals surface area contributed by atoms with Gasteiger partial charge in [-0.15, -0.1) is 0 Å². The molecule has 1 atom stereocenters. The van der Waals surface area contributed by atoms with Gasteiger partial charge in [0, 0.05) is 17.1 Å². The van der Waals surface area contributed by atoms with Crippen molar-refractivity contribution in [3.8, 4) is 0 Å². The highest BCUT2D eigenvalue weighted by Crippen LogP contribution is 2.30. The van der Waals surface area contributed by atoms with Crippen molar-refractivity contribution in [3.63, 3.8) is 0 Å². The first kappa shape index (κ1) is 12.8. The number of nitrogens with one attached hydrogen (secondary N) is 2. The molecule has 4 heteroatoms. The Morgan fingerprint density at radius 3 is 2.94 bits per heavy atom. The van der Waals surface area contributed by atoms with Crippen molar-refractivity contribution in [3.05, 3.63) is 28.5 Å². The van der Waals surface area contributed by atoms with Gasteiger partial charge in [-0.05, 0) is 36.6 Å². The Labute approximate surface area is 110 Å². The van der Waals surface area contributed by atoms with Crippen molar-refractivity contribution >= 4 is 21.6 Å². The minimum Gasteiger partial charge on any atom is -0.379 e. The molecule has 0 aliphatic carbocycles. The second-order valence-corrected chi connectivity index (χ2v) is 6.19. The van der Waals surface area contributed by atoms with Crippen LogP contribution in [0, 0.1) is 11.2 Å². The molecular weight excluding hydrogens is 283 g/mol. The summed E-state index contributed by atoms with van der Waals surface area (Å²) in [6, 6.07) is 5.30. The maximum Gasteiger partial charge on any atom is 0.146 e. The Hall–Kier alpha value is -0.610. The van der Waals surface area contributed by atoms with Crippen LogP contribution in [0.5, 0.6) is 0 Å². The highest BCUT2D eigenvalue weighted by Gasteiger charge is 2.32. The predicted octanol–water partition coefficient (Wildman–Crippen LogP) is 3.39. The van der Waals surface area contributed by atoms with Gasteiger partial charge in [0.15, 0.2) is 0 Å². The number of piperidine rings is 1. The Balaban J connectivity index is 2.16. The maximum absolute atomic E-state index is 13.7. The lowest BCUT2D eigenvalue weighted by molar-refractivity contribution is 0.236. The lowest BCUT2D eigenvalue weighted by Gasteiger charge is -2.40. The van der Waals surface area contributed by atoms with E-state index in [1.54, 1.807) is 12.1 Å². The van der Waals surface area contributed by atoms with Gasteiger partial charge in [-0.25, -0.2) is 4.39 Å². The van der Waals surface area contributed by atoms with E-state index in [0.717, 1.165) is 24.0 Å². The minimum atomic E-state index is -0.192. The fourth-order valence-corrected chi connectivity index (χ4v) is 2.60. The number of benzene rings is 1. The average molecular weight is 301 g/mol. The molecule has 2 nitrogen and oxygen atoms in total. The van der Waals surface area contributed by atoms with Crippen LogP contribution in [0.4, 0.5) is 10.1 Å². The first-order valence-electron chi connectivity index (χ1n) is 5.91. The van der Waals surface area contributed by atoms with E-state index in [2.05, 4.69) is 40.4 Å². The molecule has 0 amide bonds. The molecule has 1 aromatic rings. The molecule has 0 bridgehead atoms. The summed E-state index contributed by atoms with van der Waals surface area (Å²) in [5.41, 5.74) is 0.715. The third-order valence-corrected chi connectivity index (χ3v) is 3.89. The molecule has 0 radical (unpaired) electrons. The van der Waals surface area contributed by atoms with Crippen LogP contribution >= 0.6 is 15.9 Å². The molecule has 1 unspecified atom stereocenters. The molecule has 94 valence electrons. The summed E-state index contributed by atoms with van der Waals surface area (Å²) < 4.78 is 14.6. The van der Waals surface area contributed by atoms with Crippen LogP contribution < -0.4 is 10.6 Å². The molecule has 0 aromatic heterocycles. The maximum atomic E-state index is 13.7. The van der Waals surface area contributed by atoms with Gasteiger partial charge in [-0.1, -0.05) is 29.8 Å². The van der Waals surface area contributed by atoms with Crippen molar-refractivity contribution in [2.75, 3.05) is 18.4 Å². The molecule has 0 spiro atoms. The number of hydrogen-bond donors (Lipinski definition) is 2. The van der Waals surface area contributed by atoms with Crippen molar-refractivity contribution < 1.29 is 4.39 Å². The topological polar surface area (TPSA) is 24.1 Å². The summed E-state index contributed by atoms with van der Waals surface area (Å²) in [6.45, 7) is 6.34. The zero-order valence-corrected chi connectivity index (χ0v) is 11.8. The summed E-state index contributed by atoms with van der Waals surface area (Å²) in [5.74, 6) is -0.192. The number of halogens is 2. The Bertz CT molecular complexity index is 406. The second kappa shape index (κ2) is 4.94. The van der Waals surface area contributed by atoms with Gasteiger partial charge in [-0.3, -0.25) is 0 Å². The standard InChI is InChI=1S/C13H18BrFN2/c1-13(2)8-16-6-5-12(13)17-11-7-9(14)3-4-10(11)15/h3-4,7,12,16-17H,5-6,8H2,1-2H3. The largest absolute Gasteiger partial charge is 0.379 e.